The number of Topliss-reactive ketones (excluding diaryl/α,β-unsaturated/α-hetero) is 1. The van der Waals surface area contributed by atoms with Crippen molar-refractivity contribution in [2.75, 3.05) is 27.4 Å². The third-order valence-corrected chi connectivity index (χ3v) is 6.30. The Kier molecular flexibility index (Phi) is 7.82. The summed E-state index contributed by atoms with van der Waals surface area (Å²) in [6.07, 6.45) is 0.636. The third-order valence-electron chi connectivity index (χ3n) is 5.08. The summed E-state index contributed by atoms with van der Waals surface area (Å²) in [6, 6.07) is 5.96. The van der Waals surface area contributed by atoms with Crippen molar-refractivity contribution in [2.24, 2.45) is 0 Å². The van der Waals surface area contributed by atoms with Gasteiger partial charge in [-0.05, 0) is 37.8 Å². The fourth-order valence-electron chi connectivity index (χ4n) is 3.60. The summed E-state index contributed by atoms with van der Waals surface area (Å²) in [5.41, 5.74) is 0.223. The van der Waals surface area contributed by atoms with E-state index in [0.717, 1.165) is 4.88 Å². The highest BCUT2D eigenvalue weighted by atomic mass is 35.5. The van der Waals surface area contributed by atoms with Gasteiger partial charge in [0, 0.05) is 24.1 Å². The van der Waals surface area contributed by atoms with Crippen LogP contribution in [0.2, 0.25) is 5.02 Å². The average molecular weight is 480 g/mol. The van der Waals surface area contributed by atoms with Crippen LogP contribution in [0.3, 0.4) is 0 Å². The van der Waals surface area contributed by atoms with E-state index in [1.165, 1.54) is 42.6 Å². The Morgan fingerprint density at radius 3 is 2.53 bits per heavy atom. The zero-order valence-corrected chi connectivity index (χ0v) is 20.0. The molecular formula is C23H26ClNO6S. The van der Waals surface area contributed by atoms with Crippen LogP contribution >= 0.6 is 22.9 Å². The van der Waals surface area contributed by atoms with Crippen LogP contribution in [-0.4, -0.2) is 55.2 Å². The summed E-state index contributed by atoms with van der Waals surface area (Å²) in [5, 5.41) is 13.4. The summed E-state index contributed by atoms with van der Waals surface area (Å²) in [4.78, 5) is 28.3. The molecule has 1 aliphatic rings. The molecule has 3 rings (SSSR count). The highest BCUT2D eigenvalue weighted by molar-refractivity contribution is 7.10. The number of amides is 1. The van der Waals surface area contributed by atoms with Gasteiger partial charge in [-0.2, -0.15) is 0 Å². The molecule has 0 saturated carbocycles. The third kappa shape index (κ3) is 4.77. The largest absolute Gasteiger partial charge is 0.507 e. The van der Waals surface area contributed by atoms with Crippen molar-refractivity contribution >= 4 is 40.4 Å². The molecule has 172 valence electrons. The van der Waals surface area contributed by atoms with Gasteiger partial charge in [0.05, 0.1) is 42.5 Å². The lowest BCUT2D eigenvalue weighted by molar-refractivity contribution is -0.140. The minimum absolute atomic E-state index is 0.00454. The van der Waals surface area contributed by atoms with Crippen LogP contribution < -0.4 is 9.47 Å². The number of carbonyl (C=O) groups is 2. The minimum atomic E-state index is -0.748. The van der Waals surface area contributed by atoms with Gasteiger partial charge < -0.3 is 24.2 Å². The molecule has 0 radical (unpaired) electrons. The first-order chi connectivity index (χ1) is 15.3. The number of benzene rings is 1. The number of aliphatic hydroxyl groups excluding tert-OH is 1. The number of methoxy groups -OCH3 is 2. The smallest absolute Gasteiger partial charge is 0.295 e. The summed E-state index contributed by atoms with van der Waals surface area (Å²) < 4.78 is 16.2. The topological polar surface area (TPSA) is 85.3 Å². The summed E-state index contributed by atoms with van der Waals surface area (Å²) >= 11 is 7.59. The Bertz CT molecular complexity index is 1020. The second kappa shape index (κ2) is 10.4. The molecule has 1 saturated heterocycles. The van der Waals surface area contributed by atoms with Gasteiger partial charge in [-0.1, -0.05) is 17.7 Å². The van der Waals surface area contributed by atoms with Gasteiger partial charge >= 0.3 is 0 Å². The molecule has 0 spiro atoms. The molecule has 1 aromatic heterocycles. The molecular weight excluding hydrogens is 454 g/mol. The Balaban J connectivity index is 2.08. The van der Waals surface area contributed by atoms with Gasteiger partial charge in [-0.15, -0.1) is 11.3 Å². The van der Waals surface area contributed by atoms with Crippen LogP contribution in [0.15, 0.2) is 35.2 Å². The van der Waals surface area contributed by atoms with E-state index in [1.54, 1.807) is 0 Å². The first kappa shape index (κ1) is 24.1. The highest BCUT2D eigenvalue weighted by Gasteiger charge is 2.46. The molecule has 1 aliphatic heterocycles. The molecule has 0 bridgehead atoms. The number of likely N-dealkylation sites (tertiary alicyclic amines) is 1. The first-order valence-electron chi connectivity index (χ1n) is 10.1. The zero-order chi connectivity index (χ0) is 23.4. The van der Waals surface area contributed by atoms with Gasteiger partial charge in [0.25, 0.3) is 11.7 Å². The number of hydrogen-bond acceptors (Lipinski definition) is 7. The minimum Gasteiger partial charge on any atom is -0.507 e. The van der Waals surface area contributed by atoms with Crippen molar-refractivity contribution in [1.29, 1.82) is 0 Å². The number of halogens is 1. The number of carbonyl (C=O) groups excluding carboxylic acids is 2. The SMILES string of the molecule is COc1cc(/C(O)=C2\C(=O)C(=O)N(CCCOC(C)C)C2c2cccs2)c(OC)cc1Cl. The fraction of sp³-hybridized carbons (Fsp3) is 0.391. The summed E-state index contributed by atoms with van der Waals surface area (Å²) in [6.45, 7) is 4.65. The van der Waals surface area contributed by atoms with Gasteiger partial charge in [0.15, 0.2) is 0 Å². The number of rotatable bonds is 9. The standard InChI is InChI=1S/C23H26ClNO6S/c1-13(2)31-9-6-8-25-20(18-7-5-10-32-18)19(22(27)23(25)28)21(26)14-11-17(30-4)15(24)12-16(14)29-3/h5,7,10-13,20,26H,6,8-9H2,1-4H3/b21-19+. The molecule has 9 heteroatoms. The predicted octanol–water partition coefficient (Wildman–Crippen LogP) is 4.66. The van der Waals surface area contributed by atoms with E-state index in [4.69, 9.17) is 25.8 Å². The monoisotopic (exact) mass is 479 g/mol. The summed E-state index contributed by atoms with van der Waals surface area (Å²) in [5.74, 6) is -1.18. The first-order valence-corrected chi connectivity index (χ1v) is 11.4. The molecule has 0 aliphatic carbocycles. The maximum atomic E-state index is 13.1. The Morgan fingerprint density at radius 2 is 1.94 bits per heavy atom. The van der Waals surface area contributed by atoms with Crippen molar-refractivity contribution in [3.63, 3.8) is 0 Å². The number of ketones is 1. The molecule has 7 nitrogen and oxygen atoms in total. The van der Waals surface area contributed by atoms with E-state index in [0.29, 0.717) is 30.3 Å². The molecule has 1 aromatic carbocycles. The van der Waals surface area contributed by atoms with Crippen LogP contribution in [0, 0.1) is 0 Å². The molecule has 1 amide bonds. The molecule has 2 heterocycles. The Morgan fingerprint density at radius 1 is 1.22 bits per heavy atom. The lowest BCUT2D eigenvalue weighted by atomic mass is 9.99. The number of aliphatic hydroxyl groups is 1. The highest BCUT2D eigenvalue weighted by Crippen LogP contribution is 2.44. The van der Waals surface area contributed by atoms with Crippen molar-refractivity contribution in [1.82, 2.24) is 4.90 Å². The molecule has 32 heavy (non-hydrogen) atoms. The van der Waals surface area contributed by atoms with E-state index in [9.17, 15) is 14.7 Å². The number of ether oxygens (including phenoxy) is 3. The van der Waals surface area contributed by atoms with Gasteiger partial charge in [0.2, 0.25) is 0 Å². The normalized spacial score (nSPS) is 17.9. The van der Waals surface area contributed by atoms with E-state index < -0.39 is 17.7 Å². The average Bonchev–Trinajstić information content (AvgIpc) is 3.38. The Hall–Kier alpha value is -2.55. The van der Waals surface area contributed by atoms with Gasteiger partial charge in [-0.3, -0.25) is 9.59 Å². The summed E-state index contributed by atoms with van der Waals surface area (Å²) in [7, 11) is 2.88. The van der Waals surface area contributed by atoms with Crippen molar-refractivity contribution < 1.29 is 28.9 Å². The fourth-order valence-corrected chi connectivity index (χ4v) is 4.67. The van der Waals surface area contributed by atoms with Crippen molar-refractivity contribution in [3.8, 4) is 11.5 Å². The maximum Gasteiger partial charge on any atom is 0.295 e. The lowest BCUT2D eigenvalue weighted by Crippen LogP contribution is -2.31. The van der Waals surface area contributed by atoms with Crippen LogP contribution in [-0.2, 0) is 14.3 Å². The van der Waals surface area contributed by atoms with Crippen molar-refractivity contribution in [3.05, 3.63) is 50.7 Å². The quantitative estimate of drug-likeness (QED) is 0.244. The molecule has 1 unspecified atom stereocenters. The van der Waals surface area contributed by atoms with Crippen LogP contribution in [0.5, 0.6) is 11.5 Å². The zero-order valence-electron chi connectivity index (χ0n) is 18.4. The van der Waals surface area contributed by atoms with E-state index in [-0.39, 0.29) is 28.7 Å². The van der Waals surface area contributed by atoms with Crippen LogP contribution in [0.4, 0.5) is 0 Å². The van der Waals surface area contributed by atoms with Crippen LogP contribution in [0.1, 0.15) is 36.8 Å². The Labute approximate surface area is 196 Å². The van der Waals surface area contributed by atoms with E-state index in [1.807, 2.05) is 31.4 Å². The van der Waals surface area contributed by atoms with E-state index in [2.05, 4.69) is 0 Å². The second-order valence-electron chi connectivity index (χ2n) is 7.47. The van der Waals surface area contributed by atoms with Gasteiger partial charge in [-0.25, -0.2) is 0 Å². The molecule has 1 fully saturated rings. The molecule has 1 atom stereocenters. The maximum absolute atomic E-state index is 13.1. The molecule has 2 aromatic rings. The second-order valence-corrected chi connectivity index (χ2v) is 8.85. The van der Waals surface area contributed by atoms with Gasteiger partial charge in [0.1, 0.15) is 17.3 Å². The number of thiophene rings is 1. The lowest BCUT2D eigenvalue weighted by Gasteiger charge is -2.24. The molecule has 1 N–H and O–H groups in total. The number of nitrogens with zero attached hydrogens (tertiary/aromatic N) is 1. The van der Waals surface area contributed by atoms with Crippen molar-refractivity contribution in [2.45, 2.75) is 32.4 Å². The number of hydrogen-bond donors (Lipinski definition) is 1. The van der Waals surface area contributed by atoms with Crippen LogP contribution in [0.25, 0.3) is 5.76 Å². The predicted molar refractivity (Wildman–Crippen MR) is 124 cm³/mol. The van der Waals surface area contributed by atoms with E-state index >= 15 is 0 Å².